The molecule has 0 unspecified atom stereocenters. The van der Waals surface area contributed by atoms with Crippen molar-refractivity contribution in [1.29, 1.82) is 0 Å². The number of aromatic nitrogens is 2. The van der Waals surface area contributed by atoms with E-state index in [4.69, 9.17) is 0 Å². The number of rotatable bonds is 4. The highest BCUT2D eigenvalue weighted by molar-refractivity contribution is 7.09. The standard InChI is InChI=1S/C23H21N5O3S/c1-15-25-18(14-32-15)22(30)27-11-9-26(10-12-27)19-4-2-3-17-20(19)23(31)28(21(17)29)13-16-5-7-24-8-6-16/h2-8,14H,9-13H2,1H3. The number of carbonyl (C=O) groups excluding carboxylic acids is 3. The zero-order chi connectivity index (χ0) is 22.2. The maximum Gasteiger partial charge on any atom is 0.273 e. The zero-order valence-corrected chi connectivity index (χ0v) is 18.3. The van der Waals surface area contributed by atoms with E-state index in [0.717, 1.165) is 16.3 Å². The number of imide groups is 1. The number of hydrogen-bond acceptors (Lipinski definition) is 7. The molecule has 162 valence electrons. The smallest absolute Gasteiger partial charge is 0.273 e. The third kappa shape index (κ3) is 3.54. The Morgan fingerprint density at radius 2 is 1.78 bits per heavy atom. The number of hydrogen-bond donors (Lipinski definition) is 0. The Balaban J connectivity index is 1.34. The number of benzene rings is 1. The molecule has 2 aliphatic rings. The molecule has 32 heavy (non-hydrogen) atoms. The van der Waals surface area contributed by atoms with Gasteiger partial charge in [0, 0.05) is 44.0 Å². The van der Waals surface area contributed by atoms with Crippen molar-refractivity contribution in [3.63, 3.8) is 0 Å². The van der Waals surface area contributed by atoms with Crippen molar-refractivity contribution in [3.05, 3.63) is 75.5 Å². The molecule has 9 heteroatoms. The second-order valence-electron chi connectivity index (χ2n) is 7.78. The van der Waals surface area contributed by atoms with Gasteiger partial charge in [0.05, 0.1) is 28.4 Å². The van der Waals surface area contributed by atoms with Gasteiger partial charge >= 0.3 is 0 Å². The van der Waals surface area contributed by atoms with E-state index in [-0.39, 0.29) is 24.3 Å². The predicted molar refractivity (Wildman–Crippen MR) is 120 cm³/mol. The number of nitrogens with zero attached hydrogens (tertiary/aromatic N) is 5. The van der Waals surface area contributed by atoms with Crippen LogP contribution in [0.25, 0.3) is 0 Å². The number of pyridine rings is 1. The highest BCUT2D eigenvalue weighted by atomic mass is 32.1. The van der Waals surface area contributed by atoms with E-state index in [0.29, 0.717) is 43.0 Å². The summed E-state index contributed by atoms with van der Waals surface area (Å²) < 4.78 is 0. The Morgan fingerprint density at radius 3 is 2.47 bits per heavy atom. The van der Waals surface area contributed by atoms with Gasteiger partial charge in [-0.15, -0.1) is 11.3 Å². The first-order valence-corrected chi connectivity index (χ1v) is 11.3. The van der Waals surface area contributed by atoms with Crippen LogP contribution in [0.3, 0.4) is 0 Å². The maximum atomic E-state index is 13.2. The lowest BCUT2D eigenvalue weighted by Crippen LogP contribution is -2.49. The van der Waals surface area contributed by atoms with Crippen LogP contribution in [0.2, 0.25) is 0 Å². The van der Waals surface area contributed by atoms with Crippen LogP contribution < -0.4 is 4.90 Å². The number of fused-ring (bicyclic) bond motifs is 1. The summed E-state index contributed by atoms with van der Waals surface area (Å²) in [5.74, 6) is -0.632. The molecule has 1 fully saturated rings. The molecule has 1 aromatic carbocycles. The Labute approximate surface area is 189 Å². The summed E-state index contributed by atoms with van der Waals surface area (Å²) in [6, 6.07) is 8.98. The van der Waals surface area contributed by atoms with Gasteiger partial charge in [0.15, 0.2) is 0 Å². The Kier molecular flexibility index (Phi) is 5.18. The number of carbonyl (C=O) groups is 3. The number of thiazole rings is 1. The molecule has 0 spiro atoms. The molecule has 0 saturated carbocycles. The predicted octanol–water partition coefficient (Wildman–Crippen LogP) is 2.61. The van der Waals surface area contributed by atoms with Gasteiger partial charge in [0.25, 0.3) is 17.7 Å². The molecule has 2 aliphatic heterocycles. The van der Waals surface area contributed by atoms with Crippen LogP contribution in [0.15, 0.2) is 48.1 Å². The second-order valence-corrected chi connectivity index (χ2v) is 8.84. The van der Waals surface area contributed by atoms with Gasteiger partial charge in [0.1, 0.15) is 5.69 Å². The van der Waals surface area contributed by atoms with Gasteiger partial charge < -0.3 is 9.80 Å². The van der Waals surface area contributed by atoms with Gasteiger partial charge in [-0.2, -0.15) is 0 Å². The van der Waals surface area contributed by atoms with E-state index in [1.807, 2.05) is 19.1 Å². The Morgan fingerprint density at radius 1 is 1.03 bits per heavy atom. The third-order valence-electron chi connectivity index (χ3n) is 5.81. The first kappa shape index (κ1) is 20.3. The van der Waals surface area contributed by atoms with Gasteiger partial charge in [-0.1, -0.05) is 6.07 Å². The lowest BCUT2D eigenvalue weighted by Gasteiger charge is -2.36. The monoisotopic (exact) mass is 447 g/mol. The van der Waals surface area contributed by atoms with Crippen LogP contribution >= 0.6 is 11.3 Å². The van der Waals surface area contributed by atoms with E-state index in [1.54, 1.807) is 40.9 Å². The van der Waals surface area contributed by atoms with Gasteiger partial charge in [-0.05, 0) is 36.8 Å². The van der Waals surface area contributed by atoms with Crippen LogP contribution in [0.4, 0.5) is 5.69 Å². The first-order valence-electron chi connectivity index (χ1n) is 10.4. The summed E-state index contributed by atoms with van der Waals surface area (Å²) in [5.41, 5.74) is 2.95. The molecule has 4 heterocycles. The van der Waals surface area contributed by atoms with Crippen molar-refractivity contribution in [2.45, 2.75) is 13.5 Å². The van der Waals surface area contributed by atoms with Crippen LogP contribution in [0.1, 0.15) is 41.8 Å². The summed E-state index contributed by atoms with van der Waals surface area (Å²) in [6.07, 6.45) is 3.29. The molecule has 3 aromatic rings. The highest BCUT2D eigenvalue weighted by Crippen LogP contribution is 2.33. The molecule has 0 N–H and O–H groups in total. The van der Waals surface area contributed by atoms with E-state index in [2.05, 4.69) is 14.9 Å². The fourth-order valence-electron chi connectivity index (χ4n) is 4.17. The minimum Gasteiger partial charge on any atom is -0.367 e. The number of amides is 3. The van der Waals surface area contributed by atoms with E-state index in [9.17, 15) is 14.4 Å². The van der Waals surface area contributed by atoms with Crippen molar-refractivity contribution >= 4 is 34.7 Å². The molecular weight excluding hydrogens is 426 g/mol. The average Bonchev–Trinajstić information content (AvgIpc) is 3.36. The van der Waals surface area contributed by atoms with Crippen molar-refractivity contribution in [1.82, 2.24) is 19.8 Å². The molecule has 8 nitrogen and oxygen atoms in total. The van der Waals surface area contributed by atoms with Crippen molar-refractivity contribution in [3.8, 4) is 0 Å². The summed E-state index contributed by atoms with van der Waals surface area (Å²) in [4.78, 5) is 52.3. The molecule has 0 bridgehead atoms. The van der Waals surface area contributed by atoms with Crippen LogP contribution in [0.5, 0.6) is 0 Å². The van der Waals surface area contributed by atoms with Gasteiger partial charge in [0.2, 0.25) is 0 Å². The fraction of sp³-hybridized carbons (Fsp3) is 0.261. The lowest BCUT2D eigenvalue weighted by molar-refractivity contribution is 0.0640. The second kappa shape index (κ2) is 8.16. The number of aryl methyl sites for hydroxylation is 1. The molecule has 2 aromatic heterocycles. The van der Waals surface area contributed by atoms with E-state index in [1.165, 1.54) is 16.2 Å². The molecule has 0 aliphatic carbocycles. The van der Waals surface area contributed by atoms with E-state index < -0.39 is 0 Å². The maximum absolute atomic E-state index is 13.2. The summed E-state index contributed by atoms with van der Waals surface area (Å²) in [7, 11) is 0. The Hall–Kier alpha value is -3.59. The van der Waals surface area contributed by atoms with Gasteiger partial charge in [-0.3, -0.25) is 24.3 Å². The molecular formula is C23H21N5O3S. The quantitative estimate of drug-likeness (QED) is 0.572. The van der Waals surface area contributed by atoms with Gasteiger partial charge in [-0.25, -0.2) is 4.98 Å². The average molecular weight is 448 g/mol. The summed E-state index contributed by atoms with van der Waals surface area (Å²) >= 11 is 1.46. The fourth-order valence-corrected chi connectivity index (χ4v) is 4.75. The van der Waals surface area contributed by atoms with Crippen LogP contribution in [-0.4, -0.2) is 63.7 Å². The van der Waals surface area contributed by atoms with Crippen LogP contribution in [0, 0.1) is 6.92 Å². The summed E-state index contributed by atoms with van der Waals surface area (Å²) in [5, 5.41) is 2.65. The molecule has 0 radical (unpaired) electrons. The van der Waals surface area contributed by atoms with E-state index >= 15 is 0 Å². The van der Waals surface area contributed by atoms with Crippen LogP contribution in [-0.2, 0) is 6.54 Å². The third-order valence-corrected chi connectivity index (χ3v) is 6.59. The molecule has 0 atom stereocenters. The molecule has 1 saturated heterocycles. The SMILES string of the molecule is Cc1nc(C(=O)N2CCN(c3cccc4c3C(=O)N(Cc3ccncc3)C4=O)CC2)cs1. The zero-order valence-electron chi connectivity index (χ0n) is 17.5. The largest absolute Gasteiger partial charge is 0.367 e. The normalized spacial score (nSPS) is 16.0. The topological polar surface area (TPSA) is 86.7 Å². The molecule has 5 rings (SSSR count). The number of anilines is 1. The number of piperazine rings is 1. The van der Waals surface area contributed by atoms with Crippen molar-refractivity contribution in [2.75, 3.05) is 31.1 Å². The highest BCUT2D eigenvalue weighted by Gasteiger charge is 2.39. The lowest BCUT2D eigenvalue weighted by atomic mass is 10.1. The summed E-state index contributed by atoms with van der Waals surface area (Å²) in [6.45, 7) is 4.31. The minimum absolute atomic E-state index is 0.0675. The van der Waals surface area contributed by atoms with Crippen molar-refractivity contribution in [2.24, 2.45) is 0 Å². The Bertz CT molecular complexity index is 1200. The molecule has 3 amide bonds. The minimum atomic E-state index is -0.283. The van der Waals surface area contributed by atoms with Crippen molar-refractivity contribution < 1.29 is 14.4 Å². The first-order chi connectivity index (χ1) is 15.5.